The lowest BCUT2D eigenvalue weighted by molar-refractivity contribution is 0.00752. The zero-order chi connectivity index (χ0) is 19.2. The highest BCUT2D eigenvalue weighted by Gasteiger charge is 2.24. The summed E-state index contributed by atoms with van der Waals surface area (Å²) < 4.78 is 11.3. The maximum atomic E-state index is 5.82. The van der Waals surface area contributed by atoms with Crippen molar-refractivity contribution in [1.82, 2.24) is 20.5 Å². The average Bonchev–Trinajstić information content (AvgIpc) is 3.08. The van der Waals surface area contributed by atoms with Gasteiger partial charge in [0.15, 0.2) is 5.96 Å². The second kappa shape index (κ2) is 9.37. The third kappa shape index (κ3) is 5.99. The predicted molar refractivity (Wildman–Crippen MR) is 104 cm³/mol. The van der Waals surface area contributed by atoms with Gasteiger partial charge < -0.3 is 19.8 Å². The Bertz CT molecular complexity index is 571. The summed E-state index contributed by atoms with van der Waals surface area (Å²) in [5.74, 6) is 2.88. The second-order valence-corrected chi connectivity index (χ2v) is 8.13. The van der Waals surface area contributed by atoms with Crippen LogP contribution < -0.4 is 10.6 Å². The number of hydrogen-bond acceptors (Lipinski definition) is 5. The molecule has 0 aromatic carbocycles. The Hall–Kier alpha value is -1.60. The van der Waals surface area contributed by atoms with Gasteiger partial charge in [-0.3, -0.25) is 9.89 Å². The fourth-order valence-electron chi connectivity index (χ4n) is 3.02. The van der Waals surface area contributed by atoms with Crippen LogP contribution >= 0.6 is 0 Å². The maximum absolute atomic E-state index is 5.82. The number of nitrogens with one attached hydrogen (secondary N) is 2. The Balaban J connectivity index is 1.85. The first-order valence-corrected chi connectivity index (χ1v) is 9.52. The Labute approximate surface area is 157 Å². The van der Waals surface area contributed by atoms with Crippen LogP contribution in [0.5, 0.6) is 0 Å². The number of morpholine rings is 1. The van der Waals surface area contributed by atoms with Gasteiger partial charge in [-0.05, 0) is 5.92 Å². The lowest BCUT2D eigenvalue weighted by atomic mass is 9.94. The predicted octanol–water partition coefficient (Wildman–Crippen LogP) is 1.99. The normalized spacial score (nSPS) is 18.2. The summed E-state index contributed by atoms with van der Waals surface area (Å²) in [5, 5.41) is 6.73. The van der Waals surface area contributed by atoms with Gasteiger partial charge in [0, 0.05) is 38.1 Å². The van der Waals surface area contributed by atoms with E-state index in [2.05, 4.69) is 60.1 Å². The molecule has 1 aromatic heterocycles. The van der Waals surface area contributed by atoms with Gasteiger partial charge in [0.2, 0.25) is 5.89 Å². The highest BCUT2D eigenvalue weighted by atomic mass is 16.5. The van der Waals surface area contributed by atoms with E-state index in [1.54, 1.807) is 13.2 Å². The molecule has 2 rings (SSSR count). The van der Waals surface area contributed by atoms with Crippen molar-refractivity contribution >= 4 is 5.96 Å². The van der Waals surface area contributed by atoms with E-state index in [4.69, 9.17) is 9.15 Å². The molecule has 1 aliphatic heterocycles. The van der Waals surface area contributed by atoms with Crippen LogP contribution in [0.4, 0.5) is 0 Å². The first-order valence-electron chi connectivity index (χ1n) is 9.52. The molecule has 1 aliphatic rings. The van der Waals surface area contributed by atoms with Crippen molar-refractivity contribution in [2.75, 3.05) is 39.9 Å². The number of nitrogens with zero attached hydrogens (tertiary/aromatic N) is 3. The molecule has 0 radical (unpaired) electrons. The van der Waals surface area contributed by atoms with Crippen molar-refractivity contribution < 1.29 is 9.15 Å². The standard InChI is InChI=1S/C19H35N5O2/c1-14(2)15(24-7-9-25-10-8-24)11-22-18(20-6)23-13-17-21-12-16(26-17)19(3,4)5/h12,14-15H,7-11,13H2,1-6H3,(H2,20,22,23). The summed E-state index contributed by atoms with van der Waals surface area (Å²) in [7, 11) is 1.78. The van der Waals surface area contributed by atoms with Gasteiger partial charge in [-0.2, -0.15) is 0 Å². The third-order valence-electron chi connectivity index (χ3n) is 4.69. The Morgan fingerprint density at radius 3 is 2.50 bits per heavy atom. The van der Waals surface area contributed by atoms with E-state index in [9.17, 15) is 0 Å². The number of hydrogen-bond donors (Lipinski definition) is 2. The number of oxazole rings is 1. The largest absolute Gasteiger partial charge is 0.443 e. The van der Waals surface area contributed by atoms with Crippen LogP contribution in [0.2, 0.25) is 0 Å². The molecule has 26 heavy (non-hydrogen) atoms. The van der Waals surface area contributed by atoms with Crippen LogP contribution in [-0.2, 0) is 16.7 Å². The average molecular weight is 366 g/mol. The molecule has 1 fully saturated rings. The summed E-state index contributed by atoms with van der Waals surface area (Å²) in [6.07, 6.45) is 1.81. The van der Waals surface area contributed by atoms with Gasteiger partial charge in [-0.1, -0.05) is 34.6 Å². The summed E-state index contributed by atoms with van der Waals surface area (Å²) in [6.45, 7) is 15.8. The molecular weight excluding hydrogens is 330 g/mol. The van der Waals surface area contributed by atoms with Crippen molar-refractivity contribution in [3.05, 3.63) is 17.8 Å². The molecule has 0 saturated carbocycles. The third-order valence-corrected chi connectivity index (χ3v) is 4.69. The zero-order valence-electron chi connectivity index (χ0n) is 17.1. The topological polar surface area (TPSA) is 74.9 Å². The highest BCUT2D eigenvalue weighted by Crippen LogP contribution is 2.22. The van der Waals surface area contributed by atoms with Gasteiger partial charge in [-0.25, -0.2) is 4.98 Å². The van der Waals surface area contributed by atoms with Gasteiger partial charge >= 0.3 is 0 Å². The molecule has 1 unspecified atom stereocenters. The SMILES string of the molecule is CN=C(NCc1ncc(C(C)(C)C)o1)NCC(C(C)C)N1CCOCC1. The number of guanidine groups is 1. The lowest BCUT2D eigenvalue weighted by Crippen LogP contribution is -2.52. The molecule has 2 N–H and O–H groups in total. The first-order chi connectivity index (χ1) is 12.3. The fourth-order valence-corrected chi connectivity index (χ4v) is 3.02. The minimum absolute atomic E-state index is 0.0339. The Morgan fingerprint density at radius 2 is 1.96 bits per heavy atom. The van der Waals surface area contributed by atoms with Crippen LogP contribution in [0.1, 0.15) is 46.3 Å². The molecule has 1 saturated heterocycles. The van der Waals surface area contributed by atoms with Crippen molar-refractivity contribution in [2.24, 2.45) is 10.9 Å². The molecule has 0 aliphatic carbocycles. The van der Waals surface area contributed by atoms with Gasteiger partial charge in [0.1, 0.15) is 5.76 Å². The minimum Gasteiger partial charge on any atom is -0.443 e. The quantitative estimate of drug-likeness (QED) is 0.593. The molecule has 148 valence electrons. The number of ether oxygens (including phenoxy) is 1. The molecule has 0 bridgehead atoms. The van der Waals surface area contributed by atoms with Crippen molar-refractivity contribution in [3.8, 4) is 0 Å². The van der Waals surface area contributed by atoms with Crippen molar-refractivity contribution in [1.29, 1.82) is 0 Å². The van der Waals surface area contributed by atoms with Gasteiger partial charge in [-0.15, -0.1) is 0 Å². The fraction of sp³-hybridized carbons (Fsp3) is 0.789. The number of aliphatic imine (C=N–C) groups is 1. The van der Waals surface area contributed by atoms with E-state index >= 15 is 0 Å². The van der Waals surface area contributed by atoms with E-state index in [-0.39, 0.29) is 5.41 Å². The van der Waals surface area contributed by atoms with Crippen LogP contribution in [0.3, 0.4) is 0 Å². The Kier molecular flexibility index (Phi) is 7.46. The summed E-state index contributed by atoms with van der Waals surface area (Å²) >= 11 is 0. The minimum atomic E-state index is -0.0339. The van der Waals surface area contributed by atoms with Crippen LogP contribution in [-0.4, -0.2) is 61.8 Å². The first kappa shape index (κ1) is 20.7. The van der Waals surface area contributed by atoms with Crippen LogP contribution in [0.15, 0.2) is 15.6 Å². The monoisotopic (exact) mass is 365 g/mol. The molecule has 1 aromatic rings. The van der Waals surface area contributed by atoms with E-state index in [1.807, 2.05) is 0 Å². The molecule has 0 spiro atoms. The van der Waals surface area contributed by atoms with E-state index < -0.39 is 0 Å². The van der Waals surface area contributed by atoms with Gasteiger partial charge in [0.05, 0.1) is 26.0 Å². The summed E-state index contributed by atoms with van der Waals surface area (Å²) in [5.41, 5.74) is -0.0339. The molecule has 7 heteroatoms. The van der Waals surface area contributed by atoms with Crippen LogP contribution in [0.25, 0.3) is 0 Å². The number of rotatable bonds is 6. The number of aromatic nitrogens is 1. The van der Waals surface area contributed by atoms with Crippen LogP contribution in [0, 0.1) is 5.92 Å². The summed E-state index contributed by atoms with van der Waals surface area (Å²) in [4.78, 5) is 11.2. The van der Waals surface area contributed by atoms with E-state index in [1.165, 1.54) is 0 Å². The molecule has 7 nitrogen and oxygen atoms in total. The molecule has 2 heterocycles. The van der Waals surface area contributed by atoms with Crippen molar-refractivity contribution in [3.63, 3.8) is 0 Å². The Morgan fingerprint density at radius 1 is 1.27 bits per heavy atom. The maximum Gasteiger partial charge on any atom is 0.213 e. The van der Waals surface area contributed by atoms with Gasteiger partial charge in [0.25, 0.3) is 0 Å². The summed E-state index contributed by atoms with van der Waals surface area (Å²) in [6, 6.07) is 0.451. The molecule has 1 atom stereocenters. The second-order valence-electron chi connectivity index (χ2n) is 8.13. The highest BCUT2D eigenvalue weighted by molar-refractivity contribution is 5.79. The van der Waals surface area contributed by atoms with E-state index in [0.29, 0.717) is 24.4 Å². The molecule has 0 amide bonds. The smallest absolute Gasteiger partial charge is 0.213 e. The lowest BCUT2D eigenvalue weighted by Gasteiger charge is -2.37. The van der Waals surface area contributed by atoms with Crippen molar-refractivity contribution in [2.45, 2.75) is 52.6 Å². The zero-order valence-corrected chi connectivity index (χ0v) is 17.1. The molecular formula is C19H35N5O2. The van der Waals surface area contributed by atoms with E-state index in [0.717, 1.165) is 44.6 Å².